The molecule has 1 atom stereocenters. The number of nitrogens with zero attached hydrogens (tertiary/aromatic N) is 1. The zero-order valence-corrected chi connectivity index (χ0v) is 14.3. The lowest BCUT2D eigenvalue weighted by atomic mass is 10.2. The van der Waals surface area contributed by atoms with Crippen molar-refractivity contribution < 1.29 is 9.47 Å². The van der Waals surface area contributed by atoms with Crippen molar-refractivity contribution >= 4 is 23.5 Å². The van der Waals surface area contributed by atoms with Crippen molar-refractivity contribution in [3.8, 4) is 11.5 Å². The lowest BCUT2D eigenvalue weighted by Crippen LogP contribution is -2.11. The van der Waals surface area contributed by atoms with Crippen molar-refractivity contribution in [3.05, 3.63) is 53.1 Å². The predicted octanol–water partition coefficient (Wildman–Crippen LogP) is 4.97. The van der Waals surface area contributed by atoms with Crippen LogP contribution in [0.25, 0.3) is 0 Å². The molecule has 0 aliphatic carbocycles. The van der Waals surface area contributed by atoms with Crippen molar-refractivity contribution in [3.63, 3.8) is 0 Å². The molecule has 0 unspecified atom stereocenters. The summed E-state index contributed by atoms with van der Waals surface area (Å²) in [5.41, 5.74) is 4.70. The summed E-state index contributed by atoms with van der Waals surface area (Å²) in [6.07, 6.45) is 2.65. The summed E-state index contributed by atoms with van der Waals surface area (Å²) in [6.45, 7) is 4.05. The van der Waals surface area contributed by atoms with E-state index < -0.39 is 0 Å². The topological polar surface area (TPSA) is 42.8 Å². The molecule has 0 bridgehead atoms. The Labute approximate surface area is 142 Å². The third kappa shape index (κ3) is 4.89. The molecule has 23 heavy (non-hydrogen) atoms. The molecule has 122 valence electrons. The van der Waals surface area contributed by atoms with Gasteiger partial charge in [0.05, 0.1) is 30.1 Å². The number of hydrogen-bond donors (Lipinski definition) is 1. The van der Waals surface area contributed by atoms with Crippen LogP contribution in [0.4, 0.5) is 5.69 Å². The molecule has 0 amide bonds. The number of nitrogens with one attached hydrogen (secondary N) is 1. The van der Waals surface area contributed by atoms with Gasteiger partial charge in [-0.15, -0.1) is 0 Å². The number of hydrazone groups is 1. The maximum Gasteiger partial charge on any atom is 0.180 e. The number of hydrogen-bond acceptors (Lipinski definition) is 4. The molecule has 5 heteroatoms. The van der Waals surface area contributed by atoms with Crippen LogP contribution in [-0.2, 0) is 0 Å². The highest BCUT2D eigenvalue weighted by molar-refractivity contribution is 6.32. The lowest BCUT2D eigenvalue weighted by Gasteiger charge is -2.17. The first-order valence-electron chi connectivity index (χ1n) is 7.52. The standard InChI is InChI=1S/C18H21ClN2O2/c1-4-13(2)23-18-16(19)10-14(11-17(18)22-3)12-20-21-15-8-6-5-7-9-15/h5-13,21H,4H2,1-3H3/b20-12-/t13-/m0/s1. The van der Waals surface area contributed by atoms with Crippen molar-refractivity contribution in [1.29, 1.82) is 0 Å². The van der Waals surface area contributed by atoms with Crippen LogP contribution >= 0.6 is 11.6 Å². The molecule has 0 saturated heterocycles. The minimum atomic E-state index is 0.0701. The van der Waals surface area contributed by atoms with Crippen LogP contribution in [0.15, 0.2) is 47.6 Å². The lowest BCUT2D eigenvalue weighted by molar-refractivity contribution is 0.208. The van der Waals surface area contributed by atoms with Crippen LogP contribution in [-0.4, -0.2) is 19.4 Å². The fourth-order valence-corrected chi connectivity index (χ4v) is 2.17. The van der Waals surface area contributed by atoms with Crippen LogP contribution in [0.3, 0.4) is 0 Å². The zero-order valence-electron chi connectivity index (χ0n) is 13.5. The first-order valence-corrected chi connectivity index (χ1v) is 7.90. The van der Waals surface area contributed by atoms with E-state index in [0.717, 1.165) is 17.7 Å². The maximum absolute atomic E-state index is 6.32. The van der Waals surface area contributed by atoms with Gasteiger partial charge in [0.15, 0.2) is 11.5 Å². The summed E-state index contributed by atoms with van der Waals surface area (Å²) in [5.74, 6) is 1.16. The number of ether oxygens (including phenoxy) is 2. The summed E-state index contributed by atoms with van der Waals surface area (Å²) in [5, 5.41) is 4.71. The van der Waals surface area contributed by atoms with Gasteiger partial charge >= 0.3 is 0 Å². The van der Waals surface area contributed by atoms with E-state index in [-0.39, 0.29) is 6.10 Å². The second kappa shape index (κ2) is 8.44. The van der Waals surface area contributed by atoms with E-state index in [2.05, 4.69) is 17.5 Å². The first kappa shape index (κ1) is 17.2. The van der Waals surface area contributed by atoms with Crippen LogP contribution < -0.4 is 14.9 Å². The maximum atomic E-state index is 6.32. The molecule has 2 aromatic carbocycles. The molecular weight excluding hydrogens is 312 g/mol. The van der Waals surface area contributed by atoms with Gasteiger partial charge in [0, 0.05) is 0 Å². The molecule has 0 saturated carbocycles. The molecule has 0 radical (unpaired) electrons. The summed E-state index contributed by atoms with van der Waals surface area (Å²) in [6, 6.07) is 13.4. The van der Waals surface area contributed by atoms with Gasteiger partial charge in [-0.05, 0) is 43.2 Å². The number of para-hydroxylation sites is 1. The number of methoxy groups -OCH3 is 1. The fourth-order valence-electron chi connectivity index (χ4n) is 1.91. The summed E-state index contributed by atoms with van der Waals surface area (Å²) >= 11 is 6.32. The van der Waals surface area contributed by atoms with E-state index >= 15 is 0 Å². The van der Waals surface area contributed by atoms with Crippen LogP contribution in [0, 0.1) is 0 Å². The Morgan fingerprint density at radius 1 is 1.26 bits per heavy atom. The van der Waals surface area contributed by atoms with Gasteiger partial charge in [0.2, 0.25) is 0 Å². The molecule has 1 N–H and O–H groups in total. The number of anilines is 1. The number of benzene rings is 2. The largest absolute Gasteiger partial charge is 0.493 e. The SMILES string of the molecule is CC[C@H](C)Oc1c(Cl)cc(/C=N\Nc2ccccc2)cc1OC. The summed E-state index contributed by atoms with van der Waals surface area (Å²) in [7, 11) is 1.60. The van der Waals surface area contributed by atoms with Crippen molar-refractivity contribution in [2.75, 3.05) is 12.5 Å². The Morgan fingerprint density at radius 2 is 2.00 bits per heavy atom. The fraction of sp³-hybridized carbons (Fsp3) is 0.278. The second-order valence-corrected chi connectivity index (χ2v) is 5.51. The molecule has 0 fully saturated rings. The molecule has 4 nitrogen and oxygen atoms in total. The van der Waals surface area contributed by atoms with Crippen molar-refractivity contribution in [2.45, 2.75) is 26.4 Å². The molecule has 2 aromatic rings. The van der Waals surface area contributed by atoms with Crippen LogP contribution in [0.2, 0.25) is 5.02 Å². The van der Waals surface area contributed by atoms with E-state index in [1.165, 1.54) is 0 Å². The third-order valence-electron chi connectivity index (χ3n) is 3.33. The highest BCUT2D eigenvalue weighted by atomic mass is 35.5. The molecule has 0 aliphatic heterocycles. The van der Waals surface area contributed by atoms with Gasteiger partial charge in [-0.25, -0.2) is 0 Å². The van der Waals surface area contributed by atoms with Crippen molar-refractivity contribution in [2.24, 2.45) is 5.10 Å². The molecule has 0 heterocycles. The van der Waals surface area contributed by atoms with Gasteiger partial charge in [0.25, 0.3) is 0 Å². The van der Waals surface area contributed by atoms with Gasteiger partial charge < -0.3 is 9.47 Å². The summed E-state index contributed by atoms with van der Waals surface area (Å²) in [4.78, 5) is 0. The van der Waals surface area contributed by atoms with E-state index in [9.17, 15) is 0 Å². The predicted molar refractivity (Wildman–Crippen MR) is 96.0 cm³/mol. The van der Waals surface area contributed by atoms with Crippen LogP contribution in [0.1, 0.15) is 25.8 Å². The smallest absolute Gasteiger partial charge is 0.180 e. The molecule has 0 aliphatic rings. The van der Waals surface area contributed by atoms with E-state index in [4.69, 9.17) is 21.1 Å². The normalized spacial score (nSPS) is 12.2. The zero-order chi connectivity index (χ0) is 16.7. The average molecular weight is 333 g/mol. The monoisotopic (exact) mass is 332 g/mol. The Kier molecular flexibility index (Phi) is 6.29. The van der Waals surface area contributed by atoms with Crippen LogP contribution in [0.5, 0.6) is 11.5 Å². The Bertz CT molecular complexity index is 660. The third-order valence-corrected chi connectivity index (χ3v) is 3.61. The highest BCUT2D eigenvalue weighted by Gasteiger charge is 2.13. The van der Waals surface area contributed by atoms with Gasteiger partial charge in [-0.1, -0.05) is 36.7 Å². The summed E-state index contributed by atoms with van der Waals surface area (Å²) < 4.78 is 11.2. The molecular formula is C18H21ClN2O2. The van der Waals surface area contributed by atoms with E-state index in [1.807, 2.05) is 43.3 Å². The molecule has 0 spiro atoms. The van der Waals surface area contributed by atoms with E-state index in [1.54, 1.807) is 19.4 Å². The molecule has 2 rings (SSSR count). The van der Waals surface area contributed by atoms with E-state index in [0.29, 0.717) is 16.5 Å². The number of halogens is 1. The second-order valence-electron chi connectivity index (χ2n) is 5.11. The van der Waals surface area contributed by atoms with Gasteiger partial charge in [-0.3, -0.25) is 5.43 Å². The van der Waals surface area contributed by atoms with Gasteiger partial charge in [-0.2, -0.15) is 5.10 Å². The van der Waals surface area contributed by atoms with Crippen molar-refractivity contribution in [1.82, 2.24) is 0 Å². The Balaban J connectivity index is 2.15. The molecule has 0 aromatic heterocycles. The number of rotatable bonds is 7. The minimum absolute atomic E-state index is 0.0701. The van der Waals surface area contributed by atoms with Gasteiger partial charge in [0.1, 0.15) is 0 Å². The first-order chi connectivity index (χ1) is 11.1. The Hall–Kier alpha value is -2.20. The average Bonchev–Trinajstić information content (AvgIpc) is 2.57. The highest BCUT2D eigenvalue weighted by Crippen LogP contribution is 2.37. The Morgan fingerprint density at radius 3 is 2.65 bits per heavy atom. The quantitative estimate of drug-likeness (QED) is 0.575. The minimum Gasteiger partial charge on any atom is -0.493 e.